The van der Waals surface area contributed by atoms with Crippen molar-refractivity contribution in [3.8, 4) is 5.75 Å². The van der Waals surface area contributed by atoms with Gasteiger partial charge in [0.05, 0.1) is 13.7 Å². The fourth-order valence-electron chi connectivity index (χ4n) is 2.81. The minimum absolute atomic E-state index is 0.0617. The van der Waals surface area contributed by atoms with Crippen molar-refractivity contribution >= 4 is 29.2 Å². The Labute approximate surface area is 155 Å². The maximum absolute atomic E-state index is 12.0. The Morgan fingerprint density at radius 2 is 2.12 bits per heavy atom. The lowest BCUT2D eigenvalue weighted by molar-refractivity contribution is 0.201. The second kappa shape index (κ2) is 7.21. The van der Waals surface area contributed by atoms with Crippen molar-refractivity contribution in [2.24, 2.45) is 0 Å². The number of halogens is 1. The molecule has 26 heavy (non-hydrogen) atoms. The van der Waals surface area contributed by atoms with Crippen LogP contribution in [0.2, 0.25) is 5.15 Å². The van der Waals surface area contributed by atoms with Gasteiger partial charge in [-0.3, -0.25) is 9.30 Å². The van der Waals surface area contributed by atoms with Gasteiger partial charge >= 0.3 is 6.09 Å². The lowest BCUT2D eigenvalue weighted by atomic mass is 10.1. The highest BCUT2D eigenvalue weighted by atomic mass is 35.5. The van der Waals surface area contributed by atoms with Crippen molar-refractivity contribution in [1.82, 2.24) is 14.4 Å². The number of carboxylic acid groups (broad SMARTS) is 1. The summed E-state index contributed by atoms with van der Waals surface area (Å²) in [4.78, 5) is 21.7. The molecule has 0 spiro atoms. The van der Waals surface area contributed by atoms with Crippen molar-refractivity contribution in [3.63, 3.8) is 0 Å². The normalized spacial score (nSPS) is 11.1. The molecule has 0 aliphatic heterocycles. The van der Waals surface area contributed by atoms with Gasteiger partial charge < -0.3 is 9.84 Å². The number of nitrogens with zero attached hydrogens (tertiary/aromatic N) is 4. The number of aromatic nitrogens is 3. The molecule has 0 saturated heterocycles. The molecule has 0 saturated carbocycles. The third-order valence-electron chi connectivity index (χ3n) is 4.07. The first-order valence-corrected chi connectivity index (χ1v) is 8.46. The van der Waals surface area contributed by atoms with Crippen molar-refractivity contribution in [3.05, 3.63) is 53.1 Å². The number of anilines is 1. The second-order valence-electron chi connectivity index (χ2n) is 6.10. The van der Waals surface area contributed by atoms with Gasteiger partial charge in [0.25, 0.3) is 0 Å². The summed E-state index contributed by atoms with van der Waals surface area (Å²) in [5, 5.41) is 9.98. The quantitative estimate of drug-likeness (QED) is 0.723. The molecule has 1 amide bonds. The number of rotatable bonds is 5. The molecule has 3 rings (SSSR count). The molecule has 7 nitrogen and oxygen atoms in total. The van der Waals surface area contributed by atoms with Crippen LogP contribution < -0.4 is 9.64 Å². The lowest BCUT2D eigenvalue weighted by Crippen LogP contribution is -2.30. The van der Waals surface area contributed by atoms with E-state index in [0.717, 1.165) is 10.6 Å². The number of imidazole rings is 1. The van der Waals surface area contributed by atoms with Crippen LogP contribution in [0.4, 0.5) is 10.6 Å². The number of amides is 1. The zero-order valence-electron chi connectivity index (χ0n) is 14.7. The van der Waals surface area contributed by atoms with Gasteiger partial charge in [-0.15, -0.1) is 0 Å². The molecule has 0 radical (unpaired) electrons. The number of ether oxygens (including phenoxy) is 1. The highest BCUT2D eigenvalue weighted by molar-refractivity contribution is 6.29. The SMILES string of the molecule is COc1ccccc1CN(C(=O)O)c1nc(Cl)cn2c(C(C)C)cnc12. The summed E-state index contributed by atoms with van der Waals surface area (Å²) < 4.78 is 7.11. The summed E-state index contributed by atoms with van der Waals surface area (Å²) in [7, 11) is 1.54. The molecule has 2 heterocycles. The van der Waals surface area contributed by atoms with Crippen LogP contribution in [0.25, 0.3) is 5.65 Å². The minimum atomic E-state index is -1.15. The first-order chi connectivity index (χ1) is 12.4. The summed E-state index contributed by atoms with van der Waals surface area (Å²) in [6.45, 7) is 4.12. The molecule has 3 aromatic rings. The molecule has 1 aromatic carbocycles. The van der Waals surface area contributed by atoms with E-state index < -0.39 is 6.09 Å². The van der Waals surface area contributed by atoms with Crippen LogP contribution >= 0.6 is 11.6 Å². The fraction of sp³-hybridized carbons (Fsp3) is 0.278. The molecule has 0 unspecified atom stereocenters. The van der Waals surface area contributed by atoms with Crippen molar-refractivity contribution in [2.75, 3.05) is 12.0 Å². The van der Waals surface area contributed by atoms with Gasteiger partial charge in [-0.05, 0) is 12.0 Å². The van der Waals surface area contributed by atoms with Crippen molar-refractivity contribution in [1.29, 1.82) is 0 Å². The predicted octanol–water partition coefficient (Wildman–Crippen LogP) is 4.20. The molecule has 0 atom stereocenters. The molecule has 1 N–H and O–H groups in total. The summed E-state index contributed by atoms with van der Waals surface area (Å²) in [6, 6.07) is 7.24. The maximum atomic E-state index is 12.0. The largest absolute Gasteiger partial charge is 0.496 e. The van der Waals surface area contributed by atoms with E-state index in [-0.39, 0.29) is 23.4 Å². The molecule has 0 aliphatic carbocycles. The Morgan fingerprint density at radius 1 is 1.38 bits per heavy atom. The van der Waals surface area contributed by atoms with Gasteiger partial charge in [-0.1, -0.05) is 43.6 Å². The summed E-state index contributed by atoms with van der Waals surface area (Å²) in [5.74, 6) is 0.981. The Hall–Kier alpha value is -2.80. The zero-order chi connectivity index (χ0) is 18.8. The van der Waals surface area contributed by atoms with Crippen LogP contribution in [0.15, 0.2) is 36.7 Å². The molecular weight excluding hydrogens is 356 g/mol. The number of para-hydroxylation sites is 1. The number of methoxy groups -OCH3 is 1. The zero-order valence-corrected chi connectivity index (χ0v) is 15.4. The molecular formula is C18H19ClN4O3. The number of carbonyl (C=O) groups is 1. The fourth-order valence-corrected chi connectivity index (χ4v) is 2.98. The van der Waals surface area contributed by atoms with E-state index in [2.05, 4.69) is 9.97 Å². The number of hydrogen-bond donors (Lipinski definition) is 1. The van der Waals surface area contributed by atoms with E-state index in [4.69, 9.17) is 16.3 Å². The highest BCUT2D eigenvalue weighted by Gasteiger charge is 2.24. The van der Waals surface area contributed by atoms with E-state index in [1.54, 1.807) is 30.0 Å². The van der Waals surface area contributed by atoms with Crippen LogP contribution in [0.5, 0.6) is 5.75 Å². The van der Waals surface area contributed by atoms with Gasteiger partial charge in [0.2, 0.25) is 0 Å². The van der Waals surface area contributed by atoms with E-state index in [1.165, 1.54) is 0 Å². The van der Waals surface area contributed by atoms with E-state index in [1.807, 2.05) is 32.0 Å². The molecule has 8 heteroatoms. The van der Waals surface area contributed by atoms with Gasteiger partial charge in [-0.2, -0.15) is 0 Å². The van der Waals surface area contributed by atoms with E-state index >= 15 is 0 Å². The van der Waals surface area contributed by atoms with Gasteiger partial charge in [0.1, 0.15) is 10.9 Å². The lowest BCUT2D eigenvalue weighted by Gasteiger charge is -2.20. The van der Waals surface area contributed by atoms with Crippen molar-refractivity contribution in [2.45, 2.75) is 26.3 Å². The van der Waals surface area contributed by atoms with E-state index in [9.17, 15) is 9.90 Å². The number of benzene rings is 1. The smallest absolute Gasteiger partial charge is 0.413 e. The van der Waals surface area contributed by atoms with Crippen LogP contribution in [-0.2, 0) is 6.54 Å². The summed E-state index contributed by atoms with van der Waals surface area (Å²) in [5.41, 5.74) is 2.08. The summed E-state index contributed by atoms with van der Waals surface area (Å²) >= 11 is 6.16. The van der Waals surface area contributed by atoms with Gasteiger partial charge in [0.15, 0.2) is 11.5 Å². The maximum Gasteiger partial charge on any atom is 0.413 e. The highest BCUT2D eigenvalue weighted by Crippen LogP contribution is 2.28. The van der Waals surface area contributed by atoms with Crippen LogP contribution in [0.3, 0.4) is 0 Å². The topological polar surface area (TPSA) is 80.0 Å². The Kier molecular flexibility index (Phi) is 4.99. The summed E-state index contributed by atoms with van der Waals surface area (Å²) in [6.07, 6.45) is 2.21. The molecule has 136 valence electrons. The number of fused-ring (bicyclic) bond motifs is 1. The van der Waals surface area contributed by atoms with Crippen LogP contribution in [0, 0.1) is 0 Å². The third kappa shape index (κ3) is 3.30. The van der Waals surface area contributed by atoms with Gasteiger partial charge in [-0.25, -0.2) is 14.8 Å². The Balaban J connectivity index is 2.13. The average molecular weight is 375 g/mol. The first kappa shape index (κ1) is 18.0. The predicted molar refractivity (Wildman–Crippen MR) is 99.3 cm³/mol. The van der Waals surface area contributed by atoms with Crippen LogP contribution in [-0.4, -0.2) is 32.7 Å². The van der Waals surface area contributed by atoms with Crippen molar-refractivity contribution < 1.29 is 14.6 Å². The Bertz CT molecular complexity index is 955. The average Bonchev–Trinajstić information content (AvgIpc) is 3.03. The Morgan fingerprint density at radius 3 is 2.77 bits per heavy atom. The number of hydrogen-bond acceptors (Lipinski definition) is 4. The van der Waals surface area contributed by atoms with E-state index in [0.29, 0.717) is 17.0 Å². The van der Waals surface area contributed by atoms with Gasteiger partial charge in [0, 0.05) is 23.7 Å². The molecule has 0 bridgehead atoms. The molecule has 0 fully saturated rings. The third-order valence-corrected chi connectivity index (χ3v) is 4.25. The first-order valence-electron chi connectivity index (χ1n) is 8.08. The minimum Gasteiger partial charge on any atom is -0.496 e. The standard InChI is InChI=1S/C18H19ClN4O3/c1-11(2)13-8-20-16-17(21-15(19)10-22(13)16)23(18(24)25)9-12-6-4-5-7-14(12)26-3/h4-8,10-11H,9H2,1-3H3,(H,24,25). The molecule has 0 aliphatic rings. The van der Waals surface area contributed by atoms with Crippen LogP contribution in [0.1, 0.15) is 31.0 Å². The molecule has 2 aromatic heterocycles. The monoisotopic (exact) mass is 374 g/mol. The second-order valence-corrected chi connectivity index (χ2v) is 6.49.